The molecule has 5 heteroatoms. The van der Waals surface area contributed by atoms with Crippen LogP contribution in [0.2, 0.25) is 0 Å². The Morgan fingerprint density at radius 3 is 3.07 bits per heavy atom. The van der Waals surface area contributed by atoms with Crippen LogP contribution in [-0.2, 0) is 9.59 Å². The highest BCUT2D eigenvalue weighted by Crippen LogP contribution is 2.33. The second kappa shape index (κ2) is 3.61. The van der Waals surface area contributed by atoms with Gasteiger partial charge in [0.15, 0.2) is 6.61 Å². The molecule has 0 unspecified atom stereocenters. The molecular weight excluding hydrogens is 196 g/mol. The third kappa shape index (κ3) is 1.63. The molecule has 2 rings (SSSR count). The van der Waals surface area contributed by atoms with Crippen LogP contribution in [0.1, 0.15) is 0 Å². The summed E-state index contributed by atoms with van der Waals surface area (Å²) in [5.74, 6) is 0.516. The lowest BCUT2D eigenvalue weighted by molar-refractivity contribution is -0.121. The van der Waals surface area contributed by atoms with Gasteiger partial charge in [-0.1, -0.05) is 0 Å². The standard InChI is InChI=1S/C10H10N2O3/c1-12-8-3-2-7(11-6-13)4-9(8)15-5-10(12)14/h2-4,6H,5H2,1H3,(H,11,13). The first kappa shape index (κ1) is 9.51. The van der Waals surface area contributed by atoms with E-state index in [0.717, 1.165) is 0 Å². The topological polar surface area (TPSA) is 58.6 Å². The number of hydrogen-bond acceptors (Lipinski definition) is 3. The Kier molecular flexibility index (Phi) is 2.29. The fraction of sp³-hybridized carbons (Fsp3) is 0.200. The van der Waals surface area contributed by atoms with Gasteiger partial charge in [-0.3, -0.25) is 9.59 Å². The summed E-state index contributed by atoms with van der Waals surface area (Å²) in [6, 6.07) is 5.14. The van der Waals surface area contributed by atoms with E-state index < -0.39 is 0 Å². The first-order valence-electron chi connectivity index (χ1n) is 4.46. The molecule has 0 atom stereocenters. The highest BCUT2D eigenvalue weighted by atomic mass is 16.5. The normalized spacial score (nSPS) is 14.2. The van der Waals surface area contributed by atoms with Crippen LogP contribution in [0.15, 0.2) is 18.2 Å². The maximum atomic E-state index is 11.3. The molecule has 1 N–H and O–H groups in total. The molecule has 5 nitrogen and oxygen atoms in total. The molecule has 0 radical (unpaired) electrons. The van der Waals surface area contributed by atoms with Gasteiger partial charge in [-0.15, -0.1) is 0 Å². The molecule has 0 spiro atoms. The van der Waals surface area contributed by atoms with Gasteiger partial charge in [0.1, 0.15) is 5.75 Å². The summed E-state index contributed by atoms with van der Waals surface area (Å²) in [5.41, 5.74) is 1.36. The molecule has 0 fully saturated rings. The van der Waals surface area contributed by atoms with Gasteiger partial charge < -0.3 is 15.0 Å². The van der Waals surface area contributed by atoms with Crippen LogP contribution in [0, 0.1) is 0 Å². The molecular formula is C10H10N2O3. The van der Waals surface area contributed by atoms with E-state index in [2.05, 4.69) is 5.32 Å². The fourth-order valence-electron chi connectivity index (χ4n) is 1.44. The zero-order valence-electron chi connectivity index (χ0n) is 8.19. The predicted molar refractivity (Wildman–Crippen MR) is 55.0 cm³/mol. The van der Waals surface area contributed by atoms with Gasteiger partial charge >= 0.3 is 0 Å². The smallest absolute Gasteiger partial charge is 0.264 e. The van der Waals surface area contributed by atoms with E-state index in [1.807, 2.05) is 0 Å². The molecule has 0 aliphatic carbocycles. The first-order chi connectivity index (χ1) is 7.22. The van der Waals surface area contributed by atoms with Gasteiger partial charge in [-0.25, -0.2) is 0 Å². The Labute approximate surface area is 86.6 Å². The van der Waals surface area contributed by atoms with E-state index in [1.165, 1.54) is 4.90 Å². The fourth-order valence-corrected chi connectivity index (χ4v) is 1.44. The number of rotatable bonds is 2. The van der Waals surface area contributed by atoms with Crippen molar-refractivity contribution in [2.45, 2.75) is 0 Å². The Hall–Kier alpha value is -2.04. The monoisotopic (exact) mass is 206 g/mol. The Balaban J connectivity index is 2.37. The van der Waals surface area contributed by atoms with Gasteiger partial charge in [0.2, 0.25) is 6.41 Å². The minimum Gasteiger partial charge on any atom is -0.481 e. The van der Waals surface area contributed by atoms with Gasteiger partial charge in [-0.05, 0) is 12.1 Å². The summed E-state index contributed by atoms with van der Waals surface area (Å²) in [5, 5.41) is 2.52. The van der Waals surface area contributed by atoms with E-state index in [9.17, 15) is 9.59 Å². The van der Waals surface area contributed by atoms with Gasteiger partial charge in [0, 0.05) is 18.8 Å². The summed E-state index contributed by atoms with van der Waals surface area (Å²) in [6.45, 7) is 0.0358. The summed E-state index contributed by atoms with van der Waals surface area (Å²) in [4.78, 5) is 23.1. The summed E-state index contributed by atoms with van der Waals surface area (Å²) < 4.78 is 5.25. The summed E-state index contributed by atoms with van der Waals surface area (Å²) >= 11 is 0. The highest BCUT2D eigenvalue weighted by Gasteiger charge is 2.21. The van der Waals surface area contributed by atoms with Crippen LogP contribution in [0.5, 0.6) is 5.75 Å². The van der Waals surface area contributed by atoms with Crippen molar-refractivity contribution < 1.29 is 14.3 Å². The number of amides is 2. The molecule has 0 bridgehead atoms. The van der Waals surface area contributed by atoms with Crippen LogP contribution in [-0.4, -0.2) is 26.0 Å². The molecule has 78 valence electrons. The average molecular weight is 206 g/mol. The highest BCUT2D eigenvalue weighted by molar-refractivity contribution is 5.97. The number of fused-ring (bicyclic) bond motifs is 1. The number of nitrogens with one attached hydrogen (secondary N) is 1. The van der Waals surface area contributed by atoms with E-state index >= 15 is 0 Å². The van der Waals surface area contributed by atoms with Crippen LogP contribution in [0.4, 0.5) is 11.4 Å². The lowest BCUT2D eigenvalue weighted by atomic mass is 10.2. The molecule has 0 saturated carbocycles. The van der Waals surface area contributed by atoms with Crippen molar-refractivity contribution >= 4 is 23.7 Å². The van der Waals surface area contributed by atoms with Gasteiger partial charge in [0.05, 0.1) is 5.69 Å². The van der Waals surface area contributed by atoms with Crippen molar-refractivity contribution in [3.63, 3.8) is 0 Å². The van der Waals surface area contributed by atoms with E-state index in [1.54, 1.807) is 25.2 Å². The van der Waals surface area contributed by atoms with E-state index in [4.69, 9.17) is 4.74 Å². The SMILES string of the molecule is CN1C(=O)COc2cc(NC=O)ccc21. The van der Waals surface area contributed by atoms with Crippen molar-refractivity contribution in [2.24, 2.45) is 0 Å². The minimum absolute atomic E-state index is 0.0358. The molecule has 1 aliphatic heterocycles. The third-order valence-corrected chi connectivity index (χ3v) is 2.27. The van der Waals surface area contributed by atoms with Crippen molar-refractivity contribution in [1.29, 1.82) is 0 Å². The first-order valence-corrected chi connectivity index (χ1v) is 4.46. The summed E-state index contributed by atoms with van der Waals surface area (Å²) in [7, 11) is 1.69. The van der Waals surface area contributed by atoms with Gasteiger partial charge in [-0.2, -0.15) is 0 Å². The molecule has 0 aromatic heterocycles. The third-order valence-electron chi connectivity index (χ3n) is 2.27. The maximum Gasteiger partial charge on any atom is 0.264 e. The molecule has 15 heavy (non-hydrogen) atoms. The number of nitrogens with zero attached hydrogens (tertiary/aromatic N) is 1. The number of ether oxygens (including phenoxy) is 1. The van der Waals surface area contributed by atoms with Gasteiger partial charge in [0.25, 0.3) is 5.91 Å². The van der Waals surface area contributed by atoms with Crippen LogP contribution < -0.4 is 15.0 Å². The number of carbonyl (C=O) groups excluding carboxylic acids is 2. The van der Waals surface area contributed by atoms with Crippen molar-refractivity contribution in [3.8, 4) is 5.75 Å². The lowest BCUT2D eigenvalue weighted by Gasteiger charge is -2.26. The number of hydrogen-bond donors (Lipinski definition) is 1. The molecule has 2 amide bonds. The average Bonchev–Trinajstić information content (AvgIpc) is 2.24. The second-order valence-electron chi connectivity index (χ2n) is 3.19. The quantitative estimate of drug-likeness (QED) is 0.721. The minimum atomic E-state index is -0.0846. The number of benzene rings is 1. The van der Waals surface area contributed by atoms with E-state index in [-0.39, 0.29) is 12.5 Å². The Bertz CT molecular complexity index is 417. The molecule has 1 heterocycles. The largest absolute Gasteiger partial charge is 0.481 e. The van der Waals surface area contributed by atoms with Crippen LogP contribution >= 0.6 is 0 Å². The Morgan fingerprint density at radius 2 is 2.33 bits per heavy atom. The number of anilines is 2. The molecule has 1 aromatic carbocycles. The van der Waals surface area contributed by atoms with Crippen LogP contribution in [0.25, 0.3) is 0 Å². The number of likely N-dealkylation sites (N-methyl/N-ethyl adjacent to an activating group) is 1. The molecule has 1 aromatic rings. The van der Waals surface area contributed by atoms with Crippen molar-refractivity contribution in [1.82, 2.24) is 0 Å². The van der Waals surface area contributed by atoms with E-state index in [0.29, 0.717) is 23.5 Å². The number of carbonyl (C=O) groups is 2. The second-order valence-corrected chi connectivity index (χ2v) is 3.19. The molecule has 1 aliphatic rings. The van der Waals surface area contributed by atoms with Crippen molar-refractivity contribution in [2.75, 3.05) is 23.9 Å². The van der Waals surface area contributed by atoms with Crippen LogP contribution in [0.3, 0.4) is 0 Å². The predicted octanol–water partition coefficient (Wildman–Crippen LogP) is 0.610. The summed E-state index contributed by atoms with van der Waals surface area (Å²) in [6.07, 6.45) is 0.597. The lowest BCUT2D eigenvalue weighted by Crippen LogP contribution is -2.35. The zero-order valence-corrected chi connectivity index (χ0v) is 8.19. The molecule has 0 saturated heterocycles. The van der Waals surface area contributed by atoms with Crippen molar-refractivity contribution in [3.05, 3.63) is 18.2 Å². The maximum absolute atomic E-state index is 11.3. The Morgan fingerprint density at radius 1 is 1.53 bits per heavy atom. The zero-order chi connectivity index (χ0) is 10.8.